The van der Waals surface area contributed by atoms with Gasteiger partial charge in [-0.25, -0.2) is 0 Å². The van der Waals surface area contributed by atoms with E-state index in [2.05, 4.69) is 5.10 Å². The van der Waals surface area contributed by atoms with E-state index >= 15 is 0 Å². The fourth-order valence-electron chi connectivity index (χ4n) is 1.41. The van der Waals surface area contributed by atoms with E-state index < -0.39 is 6.10 Å². The highest BCUT2D eigenvalue weighted by molar-refractivity contribution is 7.08. The van der Waals surface area contributed by atoms with Crippen molar-refractivity contribution >= 4 is 11.3 Å². The average Bonchev–Trinajstić information content (AvgIpc) is 2.73. The first-order valence-corrected chi connectivity index (χ1v) is 5.32. The second-order valence-corrected chi connectivity index (χ2v) is 4.10. The Balaban J connectivity index is 2.33. The Morgan fingerprint density at radius 3 is 2.79 bits per heavy atom. The van der Waals surface area contributed by atoms with E-state index in [1.165, 1.54) is 0 Å². The molecule has 0 bridgehead atoms. The minimum Gasteiger partial charge on any atom is -0.383 e. The molecule has 0 fully saturated rings. The SMILES string of the molecule is Cc1cscc1C(O)c1cnn(C)c1. The van der Waals surface area contributed by atoms with Gasteiger partial charge in [0.25, 0.3) is 0 Å². The lowest BCUT2D eigenvalue weighted by molar-refractivity contribution is 0.220. The minimum absolute atomic E-state index is 0.546. The molecule has 0 saturated heterocycles. The van der Waals surface area contributed by atoms with Crippen LogP contribution in [-0.2, 0) is 7.05 Å². The van der Waals surface area contributed by atoms with Crippen LogP contribution >= 0.6 is 11.3 Å². The molecule has 0 spiro atoms. The molecule has 2 rings (SSSR count). The van der Waals surface area contributed by atoms with E-state index in [0.717, 1.165) is 16.7 Å². The summed E-state index contributed by atoms with van der Waals surface area (Å²) in [5, 5.41) is 18.1. The molecule has 0 amide bonds. The maximum absolute atomic E-state index is 10.0. The zero-order valence-electron chi connectivity index (χ0n) is 8.14. The molecular weight excluding hydrogens is 196 g/mol. The van der Waals surface area contributed by atoms with E-state index in [1.807, 2.05) is 30.9 Å². The van der Waals surface area contributed by atoms with Gasteiger partial charge < -0.3 is 5.11 Å². The van der Waals surface area contributed by atoms with Crippen LogP contribution in [0, 0.1) is 6.92 Å². The van der Waals surface area contributed by atoms with E-state index in [9.17, 15) is 5.11 Å². The van der Waals surface area contributed by atoms with Crippen LogP contribution in [0.25, 0.3) is 0 Å². The van der Waals surface area contributed by atoms with Gasteiger partial charge in [0.05, 0.1) is 6.20 Å². The van der Waals surface area contributed by atoms with E-state index in [-0.39, 0.29) is 0 Å². The Morgan fingerprint density at radius 1 is 1.50 bits per heavy atom. The zero-order chi connectivity index (χ0) is 10.1. The predicted octanol–water partition coefficient (Wildman–Crippen LogP) is 1.87. The summed E-state index contributed by atoms with van der Waals surface area (Å²) in [4.78, 5) is 0. The number of aromatic nitrogens is 2. The number of aryl methyl sites for hydroxylation is 2. The second-order valence-electron chi connectivity index (χ2n) is 3.36. The maximum Gasteiger partial charge on any atom is 0.108 e. The second kappa shape index (κ2) is 3.55. The molecule has 0 radical (unpaired) electrons. The third-order valence-electron chi connectivity index (χ3n) is 2.23. The number of thiophene rings is 1. The summed E-state index contributed by atoms with van der Waals surface area (Å²) in [6, 6.07) is 0. The summed E-state index contributed by atoms with van der Waals surface area (Å²) >= 11 is 1.61. The van der Waals surface area contributed by atoms with Gasteiger partial charge in [-0.15, -0.1) is 0 Å². The van der Waals surface area contributed by atoms with E-state index in [1.54, 1.807) is 22.2 Å². The van der Waals surface area contributed by atoms with E-state index in [0.29, 0.717) is 0 Å². The number of rotatable bonds is 2. The van der Waals surface area contributed by atoms with Crippen molar-refractivity contribution in [3.05, 3.63) is 39.8 Å². The molecule has 1 unspecified atom stereocenters. The first kappa shape index (κ1) is 9.43. The van der Waals surface area contributed by atoms with Gasteiger partial charge in [-0.3, -0.25) is 4.68 Å². The first-order valence-electron chi connectivity index (χ1n) is 4.38. The third kappa shape index (κ3) is 1.58. The molecule has 2 heterocycles. The number of hydrogen-bond acceptors (Lipinski definition) is 3. The van der Waals surface area contributed by atoms with Crippen LogP contribution in [0.5, 0.6) is 0 Å². The van der Waals surface area contributed by atoms with Crippen molar-refractivity contribution in [1.82, 2.24) is 9.78 Å². The van der Waals surface area contributed by atoms with Crippen LogP contribution in [0.1, 0.15) is 22.8 Å². The molecule has 74 valence electrons. The van der Waals surface area contributed by atoms with Crippen LogP contribution in [0.3, 0.4) is 0 Å². The van der Waals surface area contributed by atoms with Gasteiger partial charge in [0.15, 0.2) is 0 Å². The van der Waals surface area contributed by atoms with Crippen LogP contribution in [-0.4, -0.2) is 14.9 Å². The summed E-state index contributed by atoms with van der Waals surface area (Å²) in [6.07, 6.45) is 2.98. The molecule has 0 aliphatic rings. The summed E-state index contributed by atoms with van der Waals surface area (Å²) in [5.74, 6) is 0. The average molecular weight is 208 g/mol. The molecule has 4 heteroatoms. The Bertz CT molecular complexity index is 433. The molecule has 0 aliphatic heterocycles. The van der Waals surface area contributed by atoms with Gasteiger partial charge in [-0.1, -0.05) is 0 Å². The Morgan fingerprint density at radius 2 is 2.29 bits per heavy atom. The fourth-order valence-corrected chi connectivity index (χ4v) is 2.28. The third-order valence-corrected chi connectivity index (χ3v) is 3.11. The zero-order valence-corrected chi connectivity index (χ0v) is 8.95. The largest absolute Gasteiger partial charge is 0.383 e. The monoisotopic (exact) mass is 208 g/mol. The first-order chi connectivity index (χ1) is 6.68. The van der Waals surface area contributed by atoms with Gasteiger partial charge in [0.1, 0.15) is 6.10 Å². The summed E-state index contributed by atoms with van der Waals surface area (Å²) in [7, 11) is 1.84. The van der Waals surface area contributed by atoms with Crippen molar-refractivity contribution in [2.24, 2.45) is 7.05 Å². The standard InChI is InChI=1S/C10H12N2OS/c1-7-5-14-6-9(7)10(13)8-3-11-12(2)4-8/h3-6,10,13H,1-2H3. The highest BCUT2D eigenvalue weighted by Gasteiger charge is 2.14. The quantitative estimate of drug-likeness (QED) is 0.818. The number of aliphatic hydroxyl groups is 1. The van der Waals surface area contributed by atoms with Crippen molar-refractivity contribution in [2.75, 3.05) is 0 Å². The maximum atomic E-state index is 10.0. The van der Waals surface area contributed by atoms with Gasteiger partial charge in [0, 0.05) is 18.8 Å². The summed E-state index contributed by atoms with van der Waals surface area (Å²) in [5.41, 5.74) is 2.95. The lowest BCUT2D eigenvalue weighted by Gasteiger charge is -2.07. The van der Waals surface area contributed by atoms with Crippen LogP contribution in [0.4, 0.5) is 0 Å². The van der Waals surface area contributed by atoms with Crippen molar-refractivity contribution in [1.29, 1.82) is 0 Å². The Kier molecular flexibility index (Phi) is 2.39. The molecule has 2 aromatic heterocycles. The molecule has 14 heavy (non-hydrogen) atoms. The normalized spacial score (nSPS) is 13.1. The van der Waals surface area contributed by atoms with Gasteiger partial charge in [0.2, 0.25) is 0 Å². The molecular formula is C10H12N2OS. The smallest absolute Gasteiger partial charge is 0.108 e. The highest BCUT2D eigenvalue weighted by atomic mass is 32.1. The molecule has 0 saturated carbocycles. The molecule has 3 nitrogen and oxygen atoms in total. The fraction of sp³-hybridized carbons (Fsp3) is 0.300. The molecule has 1 N–H and O–H groups in total. The number of aliphatic hydroxyl groups excluding tert-OH is 1. The van der Waals surface area contributed by atoms with Gasteiger partial charge >= 0.3 is 0 Å². The van der Waals surface area contributed by atoms with Crippen molar-refractivity contribution < 1.29 is 5.11 Å². The van der Waals surface area contributed by atoms with E-state index in [4.69, 9.17) is 0 Å². The number of hydrogen-bond donors (Lipinski definition) is 1. The van der Waals surface area contributed by atoms with Crippen molar-refractivity contribution in [2.45, 2.75) is 13.0 Å². The van der Waals surface area contributed by atoms with Crippen LogP contribution < -0.4 is 0 Å². The lowest BCUT2D eigenvalue weighted by atomic mass is 10.1. The minimum atomic E-state index is -0.546. The summed E-state index contributed by atoms with van der Waals surface area (Å²) < 4.78 is 1.69. The van der Waals surface area contributed by atoms with Crippen LogP contribution in [0.2, 0.25) is 0 Å². The van der Waals surface area contributed by atoms with Crippen LogP contribution in [0.15, 0.2) is 23.2 Å². The Labute approximate surface area is 86.6 Å². The molecule has 2 aromatic rings. The number of nitrogens with zero attached hydrogens (tertiary/aromatic N) is 2. The van der Waals surface area contributed by atoms with Crippen molar-refractivity contribution in [3.8, 4) is 0 Å². The van der Waals surface area contributed by atoms with Gasteiger partial charge in [-0.05, 0) is 28.8 Å². The molecule has 0 aromatic carbocycles. The summed E-state index contributed by atoms with van der Waals surface area (Å²) in [6.45, 7) is 2.01. The molecule has 0 aliphatic carbocycles. The highest BCUT2D eigenvalue weighted by Crippen LogP contribution is 2.26. The predicted molar refractivity (Wildman–Crippen MR) is 56.3 cm³/mol. The molecule has 1 atom stereocenters. The lowest BCUT2D eigenvalue weighted by Crippen LogP contribution is -1.98. The van der Waals surface area contributed by atoms with Gasteiger partial charge in [-0.2, -0.15) is 16.4 Å². The Hall–Kier alpha value is -1.13. The van der Waals surface area contributed by atoms with Crippen molar-refractivity contribution in [3.63, 3.8) is 0 Å². The topological polar surface area (TPSA) is 38.1 Å².